The summed E-state index contributed by atoms with van der Waals surface area (Å²) in [6.07, 6.45) is 0. The van der Waals surface area contributed by atoms with Crippen molar-refractivity contribution < 1.29 is 9.53 Å². The minimum absolute atomic E-state index is 0.110. The van der Waals surface area contributed by atoms with Crippen LogP contribution in [0.3, 0.4) is 0 Å². The molecule has 0 spiro atoms. The third-order valence-electron chi connectivity index (χ3n) is 3.35. The van der Waals surface area contributed by atoms with E-state index < -0.39 is 0 Å². The second-order valence-electron chi connectivity index (χ2n) is 4.96. The standard InChI is InChI=1S/C18H16N2O2/c1-12(21)19-14-8-9-16-15(10-14)18(22-2)11-17(20-16)13-6-4-3-5-7-13/h3-11,22H,2H2,1H3,(H,19,21). The molecule has 0 aliphatic carbocycles. The SMILES string of the molecule is [CH2-][OH+]c1cc(-c2ccccc2)nc2ccc(NC(C)=O)cc12. The molecular weight excluding hydrogens is 276 g/mol. The Balaban J connectivity index is 2.15. The first kappa shape index (κ1) is 14.1. The maximum Gasteiger partial charge on any atom is 0.237 e. The molecule has 0 unspecified atom stereocenters. The summed E-state index contributed by atoms with van der Waals surface area (Å²) >= 11 is 0. The van der Waals surface area contributed by atoms with E-state index in [0.29, 0.717) is 0 Å². The highest BCUT2D eigenvalue weighted by Crippen LogP contribution is 2.32. The lowest BCUT2D eigenvalue weighted by molar-refractivity contribution is -0.114. The summed E-state index contributed by atoms with van der Waals surface area (Å²) in [5.41, 5.74) is 3.42. The number of ether oxygens (including phenoxy) is 1. The van der Waals surface area contributed by atoms with Gasteiger partial charge in [0.05, 0.1) is 22.7 Å². The van der Waals surface area contributed by atoms with Gasteiger partial charge in [0.1, 0.15) is 0 Å². The molecule has 0 aliphatic heterocycles. The van der Waals surface area contributed by atoms with Crippen molar-refractivity contribution in [3.05, 3.63) is 61.7 Å². The summed E-state index contributed by atoms with van der Waals surface area (Å²) in [4.78, 5) is 15.9. The van der Waals surface area contributed by atoms with E-state index in [0.717, 1.165) is 33.6 Å². The molecule has 0 aliphatic rings. The van der Waals surface area contributed by atoms with Crippen molar-refractivity contribution in [3.8, 4) is 17.0 Å². The fourth-order valence-corrected chi connectivity index (χ4v) is 2.38. The molecule has 0 saturated carbocycles. The van der Waals surface area contributed by atoms with Gasteiger partial charge in [-0.1, -0.05) is 30.3 Å². The van der Waals surface area contributed by atoms with Crippen LogP contribution >= 0.6 is 0 Å². The van der Waals surface area contributed by atoms with Crippen LogP contribution in [0.2, 0.25) is 0 Å². The number of nitrogens with zero attached hydrogens (tertiary/aromatic N) is 1. The van der Waals surface area contributed by atoms with Gasteiger partial charge in [0, 0.05) is 18.2 Å². The van der Waals surface area contributed by atoms with Gasteiger partial charge < -0.3 is 10.1 Å². The largest absolute Gasteiger partial charge is 0.721 e. The summed E-state index contributed by atoms with van der Waals surface area (Å²) < 4.78 is 4.10. The molecule has 22 heavy (non-hydrogen) atoms. The number of aromatic nitrogens is 1. The van der Waals surface area contributed by atoms with Crippen LogP contribution in [0.25, 0.3) is 22.2 Å². The highest BCUT2D eigenvalue weighted by Gasteiger charge is 2.11. The summed E-state index contributed by atoms with van der Waals surface area (Å²) in [5.74, 6) is 0.636. The van der Waals surface area contributed by atoms with Crippen LogP contribution in [0.5, 0.6) is 5.75 Å². The molecule has 3 rings (SSSR count). The van der Waals surface area contributed by atoms with Crippen LogP contribution in [-0.4, -0.2) is 15.6 Å². The van der Waals surface area contributed by atoms with E-state index in [-0.39, 0.29) is 5.91 Å². The zero-order chi connectivity index (χ0) is 15.5. The molecule has 0 atom stereocenters. The minimum atomic E-state index is -0.110. The Labute approximate surface area is 128 Å². The monoisotopic (exact) mass is 292 g/mol. The van der Waals surface area contributed by atoms with Gasteiger partial charge in [0.15, 0.2) is 0 Å². The quantitative estimate of drug-likeness (QED) is 0.588. The number of benzene rings is 2. The summed E-state index contributed by atoms with van der Waals surface area (Å²) in [5, 5.41) is 3.63. The summed E-state index contributed by atoms with van der Waals surface area (Å²) in [6.45, 7) is 1.48. The van der Waals surface area contributed by atoms with Gasteiger partial charge in [-0.3, -0.25) is 4.79 Å². The number of nitrogens with one attached hydrogen (secondary N) is 1. The van der Waals surface area contributed by atoms with Gasteiger partial charge in [-0.05, 0) is 25.3 Å². The Hall–Kier alpha value is -2.88. The number of hydrogen-bond donors (Lipinski definition) is 1. The Bertz CT molecular complexity index is 829. The predicted molar refractivity (Wildman–Crippen MR) is 88.5 cm³/mol. The Morgan fingerprint density at radius 3 is 2.59 bits per heavy atom. The van der Waals surface area contributed by atoms with E-state index >= 15 is 0 Å². The van der Waals surface area contributed by atoms with E-state index in [1.807, 2.05) is 54.6 Å². The number of fused-ring (bicyclic) bond motifs is 1. The summed E-state index contributed by atoms with van der Waals surface area (Å²) in [6, 6.07) is 17.4. The number of anilines is 1. The van der Waals surface area contributed by atoms with Crippen LogP contribution in [0, 0.1) is 7.11 Å². The van der Waals surface area contributed by atoms with Gasteiger partial charge >= 0.3 is 0 Å². The Morgan fingerprint density at radius 2 is 1.91 bits per heavy atom. The Kier molecular flexibility index (Phi) is 3.74. The minimum Gasteiger partial charge on any atom is -0.721 e. The second-order valence-corrected chi connectivity index (χ2v) is 4.96. The van der Waals surface area contributed by atoms with Crippen molar-refractivity contribution in [3.63, 3.8) is 0 Å². The zero-order valence-electron chi connectivity index (χ0n) is 12.2. The molecule has 1 amide bonds. The van der Waals surface area contributed by atoms with Gasteiger partial charge in [0.25, 0.3) is 0 Å². The number of carbonyl (C=O) groups is 1. The number of pyridine rings is 1. The summed E-state index contributed by atoms with van der Waals surface area (Å²) in [7, 11) is 3.64. The van der Waals surface area contributed by atoms with Crippen molar-refractivity contribution in [2.24, 2.45) is 0 Å². The molecule has 0 fully saturated rings. The molecule has 0 radical (unpaired) electrons. The van der Waals surface area contributed by atoms with E-state index in [1.165, 1.54) is 6.92 Å². The first-order valence-electron chi connectivity index (χ1n) is 6.92. The van der Waals surface area contributed by atoms with E-state index in [9.17, 15) is 4.79 Å². The molecule has 1 aromatic heterocycles. The highest BCUT2D eigenvalue weighted by atomic mass is 16.5. The third kappa shape index (κ3) is 2.76. The lowest BCUT2D eigenvalue weighted by atomic mass is 10.1. The topological polar surface area (TPSA) is 54.8 Å². The number of amides is 1. The van der Waals surface area contributed by atoms with Crippen molar-refractivity contribution >= 4 is 22.5 Å². The molecule has 110 valence electrons. The maximum atomic E-state index is 11.2. The molecular formula is C18H16N2O2. The zero-order valence-corrected chi connectivity index (χ0v) is 12.2. The van der Waals surface area contributed by atoms with Crippen molar-refractivity contribution in [1.82, 2.24) is 4.98 Å². The molecule has 0 bridgehead atoms. The molecule has 3 aromatic rings. The number of aliphatic hydroxyl groups is 1. The van der Waals surface area contributed by atoms with Crippen molar-refractivity contribution in [2.45, 2.75) is 6.92 Å². The number of aromatic hydroxyl groups is 1. The van der Waals surface area contributed by atoms with Crippen LogP contribution in [0.15, 0.2) is 54.6 Å². The fraction of sp³-hybridized carbons (Fsp3) is 0.0556. The smallest absolute Gasteiger partial charge is 0.237 e. The molecule has 1 heterocycles. The maximum absolute atomic E-state index is 11.2. The van der Waals surface area contributed by atoms with E-state index in [2.05, 4.69) is 22.1 Å². The average molecular weight is 292 g/mol. The lowest BCUT2D eigenvalue weighted by Gasteiger charge is -2.11. The fourth-order valence-electron chi connectivity index (χ4n) is 2.38. The molecule has 4 heteroatoms. The van der Waals surface area contributed by atoms with Crippen molar-refractivity contribution in [1.29, 1.82) is 0 Å². The first-order chi connectivity index (χ1) is 10.7. The predicted octanol–water partition coefficient (Wildman–Crippen LogP) is 3.89. The highest BCUT2D eigenvalue weighted by molar-refractivity contribution is 5.95. The van der Waals surface area contributed by atoms with E-state index in [4.69, 9.17) is 0 Å². The van der Waals surface area contributed by atoms with Crippen LogP contribution < -0.4 is 5.32 Å². The Morgan fingerprint density at radius 1 is 1.14 bits per heavy atom. The lowest BCUT2D eigenvalue weighted by Crippen LogP contribution is -2.05. The average Bonchev–Trinajstić information content (AvgIpc) is 2.54. The first-order valence-corrected chi connectivity index (χ1v) is 6.92. The molecule has 4 nitrogen and oxygen atoms in total. The van der Waals surface area contributed by atoms with Gasteiger partial charge in [-0.15, -0.1) is 0 Å². The van der Waals surface area contributed by atoms with Crippen molar-refractivity contribution in [2.75, 3.05) is 5.32 Å². The third-order valence-corrected chi connectivity index (χ3v) is 3.35. The normalized spacial score (nSPS) is 10.5. The number of hydrogen-bond acceptors (Lipinski definition) is 2. The number of carbonyl (C=O) groups excluding carboxylic acids is 1. The molecule has 2 N–H and O–H groups in total. The van der Waals surface area contributed by atoms with Gasteiger partial charge in [-0.2, -0.15) is 0 Å². The van der Waals surface area contributed by atoms with Crippen LogP contribution in [-0.2, 0) is 4.79 Å². The molecule has 2 aromatic carbocycles. The second kappa shape index (κ2) is 5.85. The van der Waals surface area contributed by atoms with E-state index in [1.54, 1.807) is 0 Å². The molecule has 0 saturated heterocycles. The van der Waals surface area contributed by atoms with Gasteiger partial charge in [0.2, 0.25) is 11.7 Å². The van der Waals surface area contributed by atoms with Gasteiger partial charge in [-0.25, -0.2) is 4.98 Å². The van der Waals surface area contributed by atoms with Crippen LogP contribution in [0.1, 0.15) is 6.92 Å². The van der Waals surface area contributed by atoms with Crippen LogP contribution in [0.4, 0.5) is 5.69 Å². The number of rotatable bonds is 3.